The van der Waals surface area contributed by atoms with Crippen molar-refractivity contribution in [2.75, 3.05) is 0 Å². The molecule has 0 heterocycles. The minimum absolute atomic E-state index is 0.157. The molecule has 1 aliphatic rings. The molecule has 1 atom stereocenters. The third-order valence-corrected chi connectivity index (χ3v) is 5.20. The Morgan fingerprint density at radius 2 is 1.94 bits per heavy atom. The predicted molar refractivity (Wildman–Crippen MR) is 79.1 cm³/mol. The summed E-state index contributed by atoms with van der Waals surface area (Å²) in [5.74, 6) is 0.530. The van der Waals surface area contributed by atoms with Gasteiger partial charge in [-0.3, -0.25) is 4.79 Å². The Kier molecular flexibility index (Phi) is 3.68. The molecule has 0 saturated heterocycles. The molecule has 0 spiro atoms. The lowest BCUT2D eigenvalue weighted by molar-refractivity contribution is 0.0838. The van der Waals surface area contributed by atoms with Crippen LogP contribution in [0.4, 0.5) is 0 Å². The number of carbonyl (C=O) groups is 1. The maximum absolute atomic E-state index is 12.7. The molecule has 1 aromatic rings. The molecule has 1 aromatic carbocycles. The van der Waals surface area contributed by atoms with Crippen LogP contribution in [-0.2, 0) is 0 Å². The van der Waals surface area contributed by atoms with E-state index in [2.05, 4.69) is 35.8 Å². The van der Waals surface area contributed by atoms with Crippen LogP contribution in [0.1, 0.15) is 54.6 Å². The monoisotopic (exact) mass is 308 g/mol. The molecule has 98 valence electrons. The van der Waals surface area contributed by atoms with Crippen molar-refractivity contribution in [3.05, 3.63) is 33.3 Å². The van der Waals surface area contributed by atoms with Gasteiger partial charge in [-0.2, -0.15) is 0 Å². The van der Waals surface area contributed by atoms with Gasteiger partial charge < -0.3 is 0 Å². The lowest BCUT2D eigenvalue weighted by atomic mass is 9.77. The molecule has 0 N–H and O–H groups in total. The number of carbonyl (C=O) groups excluding carboxylic acids is 1. The summed E-state index contributed by atoms with van der Waals surface area (Å²) < 4.78 is 1.09. The van der Waals surface area contributed by atoms with E-state index in [9.17, 15) is 4.79 Å². The summed E-state index contributed by atoms with van der Waals surface area (Å²) in [4.78, 5) is 12.7. The Morgan fingerprint density at radius 1 is 1.28 bits per heavy atom. The van der Waals surface area contributed by atoms with E-state index in [0.29, 0.717) is 5.78 Å². The van der Waals surface area contributed by atoms with Gasteiger partial charge in [-0.25, -0.2) is 0 Å². The summed E-state index contributed by atoms with van der Waals surface area (Å²) in [7, 11) is 0. The first-order chi connectivity index (χ1) is 8.33. The van der Waals surface area contributed by atoms with Crippen LogP contribution in [0, 0.1) is 25.2 Å². The second-order valence-corrected chi connectivity index (χ2v) is 7.07. The third-order valence-electron chi connectivity index (χ3n) is 4.34. The number of aryl methyl sites for hydroxylation is 2. The van der Waals surface area contributed by atoms with E-state index < -0.39 is 0 Å². The van der Waals surface area contributed by atoms with Crippen LogP contribution in [0.2, 0.25) is 0 Å². The van der Waals surface area contributed by atoms with Gasteiger partial charge in [0.1, 0.15) is 0 Å². The Balaban J connectivity index is 2.38. The van der Waals surface area contributed by atoms with Crippen LogP contribution in [0.15, 0.2) is 16.6 Å². The van der Waals surface area contributed by atoms with Crippen LogP contribution >= 0.6 is 15.9 Å². The average Bonchev–Trinajstić information content (AvgIpc) is 2.62. The molecular formula is C16H21BrO. The Morgan fingerprint density at radius 3 is 2.50 bits per heavy atom. The minimum Gasteiger partial charge on any atom is -0.294 e. The quantitative estimate of drug-likeness (QED) is 0.697. The molecule has 2 heteroatoms. The number of rotatable bonds is 2. The van der Waals surface area contributed by atoms with Gasteiger partial charge in [0, 0.05) is 16.0 Å². The van der Waals surface area contributed by atoms with Crippen molar-refractivity contribution in [2.45, 2.75) is 47.0 Å². The standard InChI is InChI=1S/C16H21BrO/c1-10-9-14(17)11(2)8-12(10)15(18)13-6-5-7-16(13,3)4/h8-9,13H,5-7H2,1-4H3. The molecule has 1 saturated carbocycles. The van der Waals surface area contributed by atoms with E-state index >= 15 is 0 Å². The molecule has 2 rings (SSSR count). The van der Waals surface area contributed by atoms with E-state index in [-0.39, 0.29) is 11.3 Å². The highest BCUT2D eigenvalue weighted by molar-refractivity contribution is 9.10. The van der Waals surface area contributed by atoms with E-state index in [1.807, 2.05) is 19.9 Å². The molecule has 1 nitrogen and oxygen atoms in total. The third kappa shape index (κ3) is 2.40. The van der Waals surface area contributed by atoms with Gasteiger partial charge in [0.2, 0.25) is 0 Å². The highest BCUT2D eigenvalue weighted by atomic mass is 79.9. The van der Waals surface area contributed by atoms with Crippen LogP contribution < -0.4 is 0 Å². The molecule has 1 aliphatic carbocycles. The maximum Gasteiger partial charge on any atom is 0.166 e. The van der Waals surface area contributed by atoms with Crippen molar-refractivity contribution >= 4 is 21.7 Å². The van der Waals surface area contributed by atoms with Crippen molar-refractivity contribution in [2.24, 2.45) is 11.3 Å². The molecular weight excluding hydrogens is 288 g/mol. The van der Waals surface area contributed by atoms with Crippen LogP contribution in [0.25, 0.3) is 0 Å². The summed E-state index contributed by atoms with van der Waals surface area (Å²) in [6.07, 6.45) is 3.39. The molecule has 18 heavy (non-hydrogen) atoms. The lowest BCUT2D eigenvalue weighted by Crippen LogP contribution is -2.26. The predicted octanol–water partition coefficient (Wildman–Crippen LogP) is 5.07. The fourth-order valence-electron chi connectivity index (χ4n) is 3.05. The number of benzene rings is 1. The molecule has 0 bridgehead atoms. The highest BCUT2D eigenvalue weighted by Crippen LogP contribution is 2.44. The van der Waals surface area contributed by atoms with Gasteiger partial charge in [-0.05, 0) is 55.4 Å². The summed E-state index contributed by atoms with van der Waals surface area (Å²) in [6, 6.07) is 4.10. The van der Waals surface area contributed by atoms with Gasteiger partial charge >= 0.3 is 0 Å². The molecule has 1 fully saturated rings. The normalized spacial score (nSPS) is 22.2. The second-order valence-electron chi connectivity index (χ2n) is 6.21. The first-order valence-corrected chi connectivity index (χ1v) is 7.43. The van der Waals surface area contributed by atoms with Crippen molar-refractivity contribution in [3.63, 3.8) is 0 Å². The van der Waals surface area contributed by atoms with Crippen LogP contribution in [-0.4, -0.2) is 5.78 Å². The number of hydrogen-bond acceptors (Lipinski definition) is 1. The van der Waals surface area contributed by atoms with Crippen LogP contribution in [0.3, 0.4) is 0 Å². The largest absolute Gasteiger partial charge is 0.294 e. The second kappa shape index (κ2) is 4.80. The van der Waals surface area contributed by atoms with E-state index in [0.717, 1.165) is 34.0 Å². The van der Waals surface area contributed by atoms with Gasteiger partial charge in [-0.15, -0.1) is 0 Å². The SMILES string of the molecule is Cc1cc(C(=O)C2CCCC2(C)C)c(C)cc1Br. The number of ketones is 1. The van der Waals surface area contributed by atoms with Gasteiger partial charge in [-0.1, -0.05) is 36.2 Å². The maximum atomic E-state index is 12.7. The zero-order valence-electron chi connectivity index (χ0n) is 11.6. The number of hydrogen-bond donors (Lipinski definition) is 0. The fraction of sp³-hybridized carbons (Fsp3) is 0.562. The first kappa shape index (κ1) is 13.8. The van der Waals surface area contributed by atoms with Crippen LogP contribution in [0.5, 0.6) is 0 Å². The first-order valence-electron chi connectivity index (χ1n) is 6.64. The minimum atomic E-state index is 0.157. The molecule has 1 unspecified atom stereocenters. The smallest absolute Gasteiger partial charge is 0.166 e. The summed E-state index contributed by atoms with van der Waals surface area (Å²) in [5, 5.41) is 0. The number of Topliss-reactive ketones (excluding diaryl/α,β-unsaturated/α-hetero) is 1. The van der Waals surface area contributed by atoms with Crippen molar-refractivity contribution in [1.29, 1.82) is 0 Å². The molecule has 0 aromatic heterocycles. The summed E-state index contributed by atoms with van der Waals surface area (Å²) >= 11 is 3.52. The number of halogens is 1. The lowest BCUT2D eigenvalue weighted by Gasteiger charge is -2.26. The van der Waals surface area contributed by atoms with E-state index in [4.69, 9.17) is 0 Å². The van der Waals surface area contributed by atoms with Gasteiger partial charge in [0.15, 0.2) is 5.78 Å². The summed E-state index contributed by atoms with van der Waals surface area (Å²) in [5.41, 5.74) is 3.29. The molecule has 0 aliphatic heterocycles. The zero-order chi connectivity index (χ0) is 13.5. The van der Waals surface area contributed by atoms with Crippen molar-refractivity contribution < 1.29 is 4.79 Å². The van der Waals surface area contributed by atoms with E-state index in [1.165, 1.54) is 6.42 Å². The zero-order valence-corrected chi connectivity index (χ0v) is 13.2. The van der Waals surface area contributed by atoms with Gasteiger partial charge in [0.25, 0.3) is 0 Å². The van der Waals surface area contributed by atoms with E-state index in [1.54, 1.807) is 0 Å². The Bertz CT molecular complexity index is 488. The Labute approximate surface area is 118 Å². The van der Waals surface area contributed by atoms with Crippen molar-refractivity contribution in [3.8, 4) is 0 Å². The molecule has 0 radical (unpaired) electrons. The Hall–Kier alpha value is -0.630. The summed E-state index contributed by atoms with van der Waals surface area (Å²) in [6.45, 7) is 8.52. The average molecular weight is 309 g/mol. The van der Waals surface area contributed by atoms with Crippen molar-refractivity contribution in [1.82, 2.24) is 0 Å². The molecule has 0 amide bonds. The highest BCUT2D eigenvalue weighted by Gasteiger charge is 2.39. The van der Waals surface area contributed by atoms with Gasteiger partial charge in [0.05, 0.1) is 0 Å². The fourth-order valence-corrected chi connectivity index (χ4v) is 3.50. The topological polar surface area (TPSA) is 17.1 Å².